The van der Waals surface area contributed by atoms with Crippen LogP contribution >= 0.6 is 0 Å². The number of hydrogen-bond donors (Lipinski definition) is 1. The summed E-state index contributed by atoms with van der Waals surface area (Å²) in [6.07, 6.45) is 1.33. The van der Waals surface area contributed by atoms with E-state index >= 15 is 0 Å². The van der Waals surface area contributed by atoms with Crippen LogP contribution < -0.4 is 4.74 Å². The molecule has 3 atom stereocenters. The Morgan fingerprint density at radius 3 is 2.57 bits per heavy atom. The van der Waals surface area contributed by atoms with Gasteiger partial charge in [0.15, 0.2) is 0 Å². The molecule has 1 aromatic rings. The van der Waals surface area contributed by atoms with Gasteiger partial charge >= 0.3 is 0 Å². The summed E-state index contributed by atoms with van der Waals surface area (Å²) in [6.45, 7) is 5.26. The van der Waals surface area contributed by atoms with Gasteiger partial charge in [-0.05, 0) is 37.5 Å². The fraction of sp³-hybridized carbons (Fsp3) is 0.588. The summed E-state index contributed by atoms with van der Waals surface area (Å²) in [5.41, 5.74) is 1.03. The molecule has 0 saturated carbocycles. The van der Waals surface area contributed by atoms with E-state index in [2.05, 4.69) is 0 Å². The molecule has 1 aromatic carbocycles. The zero-order valence-corrected chi connectivity index (χ0v) is 13.1. The van der Waals surface area contributed by atoms with Gasteiger partial charge in [-0.1, -0.05) is 19.1 Å². The van der Waals surface area contributed by atoms with Gasteiger partial charge in [-0.25, -0.2) is 0 Å². The van der Waals surface area contributed by atoms with Crippen molar-refractivity contribution in [2.24, 2.45) is 5.92 Å². The van der Waals surface area contributed by atoms with E-state index in [9.17, 15) is 9.90 Å². The van der Waals surface area contributed by atoms with Gasteiger partial charge in [-0.3, -0.25) is 4.79 Å². The monoisotopic (exact) mass is 291 g/mol. The van der Waals surface area contributed by atoms with Crippen molar-refractivity contribution in [3.05, 3.63) is 29.8 Å². The highest BCUT2D eigenvalue weighted by atomic mass is 16.5. The maximum atomic E-state index is 12.7. The third-order valence-corrected chi connectivity index (χ3v) is 4.44. The Kier molecular flexibility index (Phi) is 5.23. The van der Waals surface area contributed by atoms with Crippen LogP contribution in [0.25, 0.3) is 0 Å². The smallest absolute Gasteiger partial charge is 0.230 e. The standard InChI is InChI=1S/C17H25NO3/c1-4-16(13-5-7-15(21-3)8-6-13)17(20)18-10-9-14(11-18)12(2)19/h5-8,12,14,16,19H,4,9-11H2,1-3H3. The third-order valence-electron chi connectivity index (χ3n) is 4.44. The first-order valence-electron chi connectivity index (χ1n) is 7.67. The van der Waals surface area contributed by atoms with Crippen molar-refractivity contribution < 1.29 is 14.6 Å². The van der Waals surface area contributed by atoms with Crippen molar-refractivity contribution in [1.29, 1.82) is 0 Å². The Balaban J connectivity index is 2.08. The summed E-state index contributed by atoms with van der Waals surface area (Å²) in [5, 5.41) is 9.67. The first-order valence-corrected chi connectivity index (χ1v) is 7.67. The first-order chi connectivity index (χ1) is 10.1. The number of hydrogen-bond acceptors (Lipinski definition) is 3. The lowest BCUT2D eigenvalue weighted by molar-refractivity contribution is -0.132. The Hall–Kier alpha value is -1.55. The maximum absolute atomic E-state index is 12.7. The lowest BCUT2D eigenvalue weighted by Gasteiger charge is -2.23. The molecule has 1 amide bonds. The molecule has 0 spiro atoms. The minimum atomic E-state index is -0.344. The van der Waals surface area contributed by atoms with Gasteiger partial charge < -0.3 is 14.7 Å². The normalized spacial score (nSPS) is 21.1. The molecule has 0 bridgehead atoms. The summed E-state index contributed by atoms with van der Waals surface area (Å²) in [6, 6.07) is 7.72. The predicted octanol–water partition coefficient (Wildman–Crippen LogP) is 2.42. The summed E-state index contributed by atoms with van der Waals surface area (Å²) < 4.78 is 5.16. The van der Waals surface area contributed by atoms with Crippen LogP contribution in [-0.2, 0) is 4.79 Å². The van der Waals surface area contributed by atoms with Crippen LogP contribution in [-0.4, -0.2) is 42.2 Å². The third kappa shape index (κ3) is 3.56. The second-order valence-corrected chi connectivity index (χ2v) is 5.81. The predicted molar refractivity (Wildman–Crippen MR) is 82.4 cm³/mol. The number of ether oxygens (including phenoxy) is 1. The Morgan fingerprint density at radius 2 is 2.10 bits per heavy atom. The highest BCUT2D eigenvalue weighted by molar-refractivity contribution is 5.84. The van der Waals surface area contributed by atoms with E-state index < -0.39 is 0 Å². The molecule has 1 fully saturated rings. The minimum Gasteiger partial charge on any atom is -0.497 e. The summed E-state index contributed by atoms with van der Waals surface area (Å²) in [4.78, 5) is 14.6. The van der Waals surface area contributed by atoms with E-state index in [1.807, 2.05) is 36.1 Å². The zero-order chi connectivity index (χ0) is 15.4. The molecule has 1 N–H and O–H groups in total. The van der Waals surface area contributed by atoms with Gasteiger partial charge in [0, 0.05) is 19.0 Å². The number of rotatable bonds is 5. The highest BCUT2D eigenvalue weighted by Gasteiger charge is 2.32. The van der Waals surface area contributed by atoms with Crippen molar-refractivity contribution in [2.75, 3.05) is 20.2 Å². The van der Waals surface area contributed by atoms with Crippen LogP contribution in [0.5, 0.6) is 5.75 Å². The number of aliphatic hydroxyl groups is 1. The first kappa shape index (κ1) is 15.8. The van der Waals surface area contributed by atoms with Gasteiger partial charge in [0.2, 0.25) is 5.91 Å². The molecule has 1 aliphatic heterocycles. The van der Waals surface area contributed by atoms with Crippen molar-refractivity contribution >= 4 is 5.91 Å². The van der Waals surface area contributed by atoms with E-state index in [-0.39, 0.29) is 23.8 Å². The number of benzene rings is 1. The van der Waals surface area contributed by atoms with Crippen molar-refractivity contribution in [3.63, 3.8) is 0 Å². The number of likely N-dealkylation sites (tertiary alicyclic amines) is 1. The quantitative estimate of drug-likeness (QED) is 0.906. The number of aliphatic hydroxyl groups excluding tert-OH is 1. The largest absolute Gasteiger partial charge is 0.497 e. The van der Waals surface area contributed by atoms with E-state index in [0.717, 1.165) is 30.7 Å². The molecule has 21 heavy (non-hydrogen) atoms. The van der Waals surface area contributed by atoms with Crippen molar-refractivity contribution in [1.82, 2.24) is 4.90 Å². The molecular weight excluding hydrogens is 266 g/mol. The lowest BCUT2D eigenvalue weighted by atomic mass is 9.95. The van der Waals surface area contributed by atoms with Crippen LogP contribution in [0.2, 0.25) is 0 Å². The van der Waals surface area contributed by atoms with Gasteiger partial charge in [0.25, 0.3) is 0 Å². The molecule has 1 heterocycles. The molecule has 116 valence electrons. The van der Waals surface area contributed by atoms with Crippen molar-refractivity contribution in [3.8, 4) is 5.75 Å². The molecule has 2 rings (SSSR count). The fourth-order valence-electron chi connectivity index (χ4n) is 2.99. The van der Waals surface area contributed by atoms with Crippen LogP contribution in [0, 0.1) is 5.92 Å². The molecule has 1 saturated heterocycles. The minimum absolute atomic E-state index is 0.108. The van der Waals surface area contributed by atoms with Crippen LogP contribution in [0.4, 0.5) is 0 Å². The average Bonchev–Trinajstić information content (AvgIpc) is 2.98. The van der Waals surface area contributed by atoms with E-state index in [1.165, 1.54) is 0 Å². The van der Waals surface area contributed by atoms with E-state index in [4.69, 9.17) is 4.74 Å². The number of amides is 1. The molecule has 0 aliphatic carbocycles. The lowest BCUT2D eigenvalue weighted by Crippen LogP contribution is -2.34. The van der Waals surface area contributed by atoms with Crippen LogP contribution in [0.15, 0.2) is 24.3 Å². The maximum Gasteiger partial charge on any atom is 0.230 e. The van der Waals surface area contributed by atoms with Gasteiger partial charge in [-0.2, -0.15) is 0 Å². The number of carbonyl (C=O) groups excluding carboxylic acids is 1. The Morgan fingerprint density at radius 1 is 1.43 bits per heavy atom. The molecule has 0 aromatic heterocycles. The molecule has 1 aliphatic rings. The average molecular weight is 291 g/mol. The van der Waals surface area contributed by atoms with Gasteiger partial charge in [0.1, 0.15) is 5.75 Å². The summed E-state index contributed by atoms with van der Waals surface area (Å²) >= 11 is 0. The number of methoxy groups -OCH3 is 1. The summed E-state index contributed by atoms with van der Waals surface area (Å²) in [5.74, 6) is 1.08. The molecule has 0 radical (unpaired) electrons. The second kappa shape index (κ2) is 6.94. The van der Waals surface area contributed by atoms with Gasteiger partial charge in [-0.15, -0.1) is 0 Å². The number of nitrogens with zero attached hydrogens (tertiary/aromatic N) is 1. The second-order valence-electron chi connectivity index (χ2n) is 5.81. The highest BCUT2D eigenvalue weighted by Crippen LogP contribution is 2.28. The number of carbonyl (C=O) groups is 1. The molecular formula is C17H25NO3. The SMILES string of the molecule is CCC(C(=O)N1CCC(C(C)O)C1)c1ccc(OC)cc1. The van der Waals surface area contributed by atoms with Crippen LogP contribution in [0.3, 0.4) is 0 Å². The van der Waals surface area contributed by atoms with Crippen molar-refractivity contribution in [2.45, 2.75) is 38.7 Å². The van der Waals surface area contributed by atoms with Crippen LogP contribution in [0.1, 0.15) is 38.2 Å². The zero-order valence-electron chi connectivity index (χ0n) is 13.1. The molecule has 4 nitrogen and oxygen atoms in total. The fourth-order valence-corrected chi connectivity index (χ4v) is 2.99. The summed E-state index contributed by atoms with van der Waals surface area (Å²) in [7, 11) is 1.64. The molecule has 3 unspecified atom stereocenters. The van der Waals surface area contributed by atoms with E-state index in [0.29, 0.717) is 6.54 Å². The molecule has 4 heteroatoms. The topological polar surface area (TPSA) is 49.8 Å². The Labute approximate surface area is 126 Å². The van der Waals surface area contributed by atoms with E-state index in [1.54, 1.807) is 14.0 Å². The van der Waals surface area contributed by atoms with Gasteiger partial charge in [0.05, 0.1) is 19.1 Å². The Bertz CT molecular complexity index is 469.